The van der Waals surface area contributed by atoms with Crippen LogP contribution in [0, 0.1) is 3.57 Å². The summed E-state index contributed by atoms with van der Waals surface area (Å²) in [6.45, 7) is 1.70. The van der Waals surface area contributed by atoms with Crippen LogP contribution in [0.15, 0.2) is 52.3 Å². The zero-order valence-electron chi connectivity index (χ0n) is 13.9. The summed E-state index contributed by atoms with van der Waals surface area (Å²) in [6.07, 6.45) is 1.12. The minimum absolute atomic E-state index is 0.136. The van der Waals surface area contributed by atoms with Gasteiger partial charge in [-0.15, -0.1) is 0 Å². The Hall–Kier alpha value is -1.17. The van der Waals surface area contributed by atoms with Crippen molar-refractivity contribution in [3.63, 3.8) is 0 Å². The predicted molar refractivity (Wildman–Crippen MR) is 104 cm³/mol. The van der Waals surface area contributed by atoms with Gasteiger partial charge in [0.05, 0.1) is 20.5 Å². The SMILES string of the molecule is COc1ccc(S(=O)(=O)NC(C)c2ccc(S(C)(=O)=O)cc2)cc1I. The first-order chi connectivity index (χ1) is 11.5. The van der Waals surface area contributed by atoms with Crippen molar-refractivity contribution in [1.29, 1.82) is 0 Å². The maximum absolute atomic E-state index is 12.5. The summed E-state index contributed by atoms with van der Waals surface area (Å²) in [5, 5.41) is 0. The quantitative estimate of drug-likeness (QED) is 0.623. The van der Waals surface area contributed by atoms with E-state index in [-0.39, 0.29) is 9.79 Å². The number of sulfone groups is 1. The molecule has 0 saturated carbocycles. The minimum Gasteiger partial charge on any atom is -0.496 e. The predicted octanol–water partition coefficient (Wildman–Crippen LogP) is 2.74. The monoisotopic (exact) mass is 495 g/mol. The molecule has 1 N–H and O–H groups in total. The van der Waals surface area contributed by atoms with Crippen LogP contribution in [0.4, 0.5) is 0 Å². The van der Waals surface area contributed by atoms with Crippen LogP contribution in [-0.4, -0.2) is 30.2 Å². The molecule has 0 amide bonds. The molecule has 9 heteroatoms. The zero-order chi connectivity index (χ0) is 18.8. The molecule has 0 radical (unpaired) electrons. The van der Waals surface area contributed by atoms with E-state index < -0.39 is 25.9 Å². The second-order valence-electron chi connectivity index (χ2n) is 5.48. The molecule has 0 heterocycles. The number of benzene rings is 2. The third-order valence-electron chi connectivity index (χ3n) is 3.57. The van der Waals surface area contributed by atoms with E-state index in [1.54, 1.807) is 25.1 Å². The first-order valence-electron chi connectivity index (χ1n) is 7.20. The number of methoxy groups -OCH3 is 1. The Labute approximate surface area is 161 Å². The fourth-order valence-electron chi connectivity index (χ4n) is 2.19. The van der Waals surface area contributed by atoms with Gasteiger partial charge in [-0.1, -0.05) is 12.1 Å². The normalized spacial score (nSPS) is 13.4. The Morgan fingerprint density at radius 3 is 2.04 bits per heavy atom. The van der Waals surface area contributed by atoms with Gasteiger partial charge in [0.25, 0.3) is 0 Å². The summed E-state index contributed by atoms with van der Waals surface area (Å²) in [6, 6.07) is 10.2. The molecule has 0 aliphatic rings. The van der Waals surface area contributed by atoms with Crippen molar-refractivity contribution in [3.8, 4) is 5.75 Å². The van der Waals surface area contributed by atoms with Crippen LogP contribution < -0.4 is 9.46 Å². The molecule has 6 nitrogen and oxygen atoms in total. The van der Waals surface area contributed by atoms with Crippen molar-refractivity contribution in [3.05, 3.63) is 51.6 Å². The summed E-state index contributed by atoms with van der Waals surface area (Å²) >= 11 is 2.01. The van der Waals surface area contributed by atoms with Crippen molar-refractivity contribution in [1.82, 2.24) is 4.72 Å². The molecule has 0 bridgehead atoms. The lowest BCUT2D eigenvalue weighted by molar-refractivity contribution is 0.411. The lowest BCUT2D eigenvalue weighted by Crippen LogP contribution is -2.27. The largest absolute Gasteiger partial charge is 0.496 e. The first kappa shape index (κ1) is 20.1. The van der Waals surface area contributed by atoms with Gasteiger partial charge in [0.1, 0.15) is 5.75 Å². The highest BCUT2D eigenvalue weighted by Crippen LogP contribution is 2.25. The molecule has 25 heavy (non-hydrogen) atoms. The van der Waals surface area contributed by atoms with Gasteiger partial charge in [-0.05, 0) is 65.4 Å². The first-order valence-corrected chi connectivity index (χ1v) is 11.7. The average molecular weight is 495 g/mol. The van der Waals surface area contributed by atoms with Gasteiger partial charge < -0.3 is 4.74 Å². The molecule has 2 aromatic carbocycles. The molecule has 0 fully saturated rings. The summed E-state index contributed by atoms with van der Waals surface area (Å²) in [4.78, 5) is 0.327. The fourth-order valence-corrected chi connectivity index (χ4v) is 5.02. The number of hydrogen-bond donors (Lipinski definition) is 1. The average Bonchev–Trinajstić information content (AvgIpc) is 2.53. The van der Waals surface area contributed by atoms with Crippen molar-refractivity contribution >= 4 is 42.5 Å². The van der Waals surface area contributed by atoms with Crippen LogP contribution in [-0.2, 0) is 19.9 Å². The number of sulfonamides is 1. The molecule has 136 valence electrons. The van der Waals surface area contributed by atoms with Crippen LogP contribution in [0.1, 0.15) is 18.5 Å². The number of rotatable bonds is 6. The lowest BCUT2D eigenvalue weighted by atomic mass is 10.1. The third kappa shape index (κ3) is 4.93. The van der Waals surface area contributed by atoms with Gasteiger partial charge in [0.2, 0.25) is 10.0 Å². The number of ether oxygens (including phenoxy) is 1. The van der Waals surface area contributed by atoms with Crippen LogP contribution in [0.25, 0.3) is 0 Å². The van der Waals surface area contributed by atoms with Crippen LogP contribution in [0.3, 0.4) is 0 Å². The molecule has 0 aliphatic heterocycles. The van der Waals surface area contributed by atoms with E-state index in [1.807, 2.05) is 22.6 Å². The minimum atomic E-state index is -3.72. The van der Waals surface area contributed by atoms with Gasteiger partial charge >= 0.3 is 0 Å². The second-order valence-corrected chi connectivity index (χ2v) is 10.4. The number of hydrogen-bond acceptors (Lipinski definition) is 5. The Kier molecular flexibility index (Phi) is 6.13. The van der Waals surface area contributed by atoms with E-state index in [9.17, 15) is 16.8 Å². The molecule has 1 atom stereocenters. The van der Waals surface area contributed by atoms with E-state index in [0.717, 1.165) is 6.26 Å². The van der Waals surface area contributed by atoms with Crippen LogP contribution >= 0.6 is 22.6 Å². The molecule has 0 saturated heterocycles. The fraction of sp³-hybridized carbons (Fsp3) is 0.250. The van der Waals surface area contributed by atoms with E-state index in [1.165, 1.54) is 31.4 Å². The Morgan fingerprint density at radius 2 is 1.56 bits per heavy atom. The van der Waals surface area contributed by atoms with Gasteiger partial charge in [-0.2, -0.15) is 0 Å². The smallest absolute Gasteiger partial charge is 0.241 e. The molecule has 0 aromatic heterocycles. The summed E-state index contributed by atoms with van der Waals surface area (Å²) < 4.78 is 56.5. The maximum atomic E-state index is 12.5. The highest BCUT2D eigenvalue weighted by Gasteiger charge is 2.20. The Morgan fingerprint density at radius 1 is 1.00 bits per heavy atom. The van der Waals surface area contributed by atoms with E-state index in [4.69, 9.17) is 4.74 Å². The Balaban J connectivity index is 2.24. The van der Waals surface area contributed by atoms with E-state index in [2.05, 4.69) is 4.72 Å². The molecule has 0 aliphatic carbocycles. The second kappa shape index (κ2) is 7.60. The summed E-state index contributed by atoms with van der Waals surface area (Å²) in [5.41, 5.74) is 0.666. The molecule has 2 rings (SSSR count). The van der Waals surface area contributed by atoms with Gasteiger partial charge in [-0.3, -0.25) is 0 Å². The van der Waals surface area contributed by atoms with Crippen molar-refractivity contribution < 1.29 is 21.6 Å². The van der Waals surface area contributed by atoms with Gasteiger partial charge in [0.15, 0.2) is 9.84 Å². The van der Waals surface area contributed by atoms with Crippen molar-refractivity contribution in [2.24, 2.45) is 0 Å². The molecule has 2 aromatic rings. The van der Waals surface area contributed by atoms with Crippen LogP contribution in [0.5, 0.6) is 5.75 Å². The van der Waals surface area contributed by atoms with Gasteiger partial charge in [-0.25, -0.2) is 21.6 Å². The summed E-state index contributed by atoms with van der Waals surface area (Å²) in [5.74, 6) is 0.601. The van der Waals surface area contributed by atoms with Crippen molar-refractivity contribution in [2.45, 2.75) is 22.8 Å². The molecule has 0 spiro atoms. The topological polar surface area (TPSA) is 89.5 Å². The highest BCUT2D eigenvalue weighted by molar-refractivity contribution is 14.1. The van der Waals surface area contributed by atoms with E-state index in [0.29, 0.717) is 14.9 Å². The molecular formula is C16H18INO5S2. The molecular weight excluding hydrogens is 477 g/mol. The van der Waals surface area contributed by atoms with E-state index >= 15 is 0 Å². The maximum Gasteiger partial charge on any atom is 0.241 e. The molecule has 1 unspecified atom stereocenters. The Bertz CT molecular complexity index is 970. The van der Waals surface area contributed by atoms with Gasteiger partial charge in [0, 0.05) is 12.3 Å². The number of halogens is 1. The standard InChI is InChI=1S/C16H18INO5S2/c1-11(12-4-6-13(7-5-12)24(3,19)20)18-25(21,22)14-8-9-16(23-2)15(17)10-14/h4-11,18H,1-3H3. The zero-order valence-corrected chi connectivity index (χ0v) is 17.6. The lowest BCUT2D eigenvalue weighted by Gasteiger charge is -2.15. The van der Waals surface area contributed by atoms with Crippen molar-refractivity contribution in [2.75, 3.05) is 13.4 Å². The highest BCUT2D eigenvalue weighted by atomic mass is 127. The third-order valence-corrected chi connectivity index (χ3v) is 7.08. The number of nitrogens with one attached hydrogen (secondary N) is 1. The summed E-state index contributed by atoms with van der Waals surface area (Å²) in [7, 11) is -5.49. The van der Waals surface area contributed by atoms with Crippen LogP contribution in [0.2, 0.25) is 0 Å².